The van der Waals surface area contributed by atoms with Gasteiger partial charge >= 0.3 is 0 Å². The number of halogens is 1. The summed E-state index contributed by atoms with van der Waals surface area (Å²) in [5.74, 6) is -0.929. The minimum Gasteiger partial charge on any atom is -0.348 e. The van der Waals surface area contributed by atoms with Crippen molar-refractivity contribution < 1.29 is 14.0 Å². The van der Waals surface area contributed by atoms with Crippen molar-refractivity contribution in [2.45, 2.75) is 32.4 Å². The quantitative estimate of drug-likeness (QED) is 0.839. The van der Waals surface area contributed by atoms with E-state index >= 15 is 0 Å². The van der Waals surface area contributed by atoms with Crippen LogP contribution in [-0.4, -0.2) is 41.8 Å². The first-order chi connectivity index (χ1) is 12.5. The molecule has 1 heterocycles. The maximum absolute atomic E-state index is 13.1. The van der Waals surface area contributed by atoms with Crippen LogP contribution in [0.2, 0.25) is 0 Å². The summed E-state index contributed by atoms with van der Waals surface area (Å²) < 4.78 is 13.1. The number of carbonyl (C=O) groups is 2. The maximum atomic E-state index is 13.1. The maximum Gasteiger partial charge on any atom is 0.252 e. The zero-order valence-electron chi connectivity index (χ0n) is 15.0. The molecule has 0 unspecified atom stereocenters. The minimum atomic E-state index is -0.400. The van der Waals surface area contributed by atoms with Crippen LogP contribution in [0.15, 0.2) is 48.5 Å². The Kier molecular flexibility index (Phi) is 5.47. The van der Waals surface area contributed by atoms with Gasteiger partial charge in [0, 0.05) is 36.3 Å². The fourth-order valence-electron chi connectivity index (χ4n) is 3.27. The van der Waals surface area contributed by atoms with Gasteiger partial charge in [-0.3, -0.25) is 14.5 Å². The zero-order valence-corrected chi connectivity index (χ0v) is 15.0. The average molecular weight is 354 g/mol. The molecule has 1 N–H and O–H groups in total. The van der Waals surface area contributed by atoms with E-state index in [0.29, 0.717) is 22.7 Å². The number of ketones is 1. The number of benzene rings is 2. The van der Waals surface area contributed by atoms with E-state index in [2.05, 4.69) is 24.1 Å². The highest BCUT2D eigenvalue weighted by atomic mass is 19.1. The monoisotopic (exact) mass is 354 g/mol. The number of nitrogens with zero attached hydrogens (tertiary/aromatic N) is 1. The molecule has 0 spiro atoms. The third-order valence-corrected chi connectivity index (χ3v) is 4.81. The van der Waals surface area contributed by atoms with Gasteiger partial charge in [-0.1, -0.05) is 18.2 Å². The molecule has 26 heavy (non-hydrogen) atoms. The van der Waals surface area contributed by atoms with Gasteiger partial charge in [0.1, 0.15) is 5.82 Å². The van der Waals surface area contributed by atoms with Gasteiger partial charge in [0.05, 0.1) is 5.56 Å². The molecule has 4 nitrogen and oxygen atoms in total. The molecule has 3 rings (SSSR count). The molecule has 0 bridgehead atoms. The molecule has 2 aromatic carbocycles. The number of carbonyl (C=O) groups excluding carboxylic acids is 2. The van der Waals surface area contributed by atoms with Crippen molar-refractivity contribution in [3.63, 3.8) is 0 Å². The Morgan fingerprint density at radius 2 is 1.73 bits per heavy atom. The molecule has 1 saturated heterocycles. The van der Waals surface area contributed by atoms with Crippen LogP contribution >= 0.6 is 0 Å². The van der Waals surface area contributed by atoms with E-state index in [0.717, 1.165) is 19.5 Å². The van der Waals surface area contributed by atoms with Gasteiger partial charge < -0.3 is 5.32 Å². The predicted octanol–water partition coefficient (Wildman–Crippen LogP) is 3.27. The number of rotatable bonds is 5. The normalized spacial score (nSPS) is 17.5. The molecule has 1 atom stereocenters. The van der Waals surface area contributed by atoms with Gasteiger partial charge in [0.25, 0.3) is 5.91 Å². The summed E-state index contributed by atoms with van der Waals surface area (Å²) in [6.45, 7) is 6.05. The highest BCUT2D eigenvalue weighted by Crippen LogP contribution is 2.17. The van der Waals surface area contributed by atoms with Crippen molar-refractivity contribution in [3.8, 4) is 0 Å². The van der Waals surface area contributed by atoms with E-state index < -0.39 is 5.82 Å². The molecule has 0 aliphatic carbocycles. The van der Waals surface area contributed by atoms with Crippen molar-refractivity contribution in [1.82, 2.24) is 10.2 Å². The van der Waals surface area contributed by atoms with Gasteiger partial charge in [-0.2, -0.15) is 0 Å². The van der Waals surface area contributed by atoms with Crippen LogP contribution in [0.4, 0.5) is 4.39 Å². The number of amides is 1. The van der Waals surface area contributed by atoms with Crippen LogP contribution in [0.5, 0.6) is 0 Å². The van der Waals surface area contributed by atoms with E-state index in [1.165, 1.54) is 24.3 Å². The fraction of sp³-hybridized carbons (Fsp3) is 0.333. The average Bonchev–Trinajstić information content (AvgIpc) is 3.10. The van der Waals surface area contributed by atoms with Crippen molar-refractivity contribution in [2.24, 2.45) is 0 Å². The lowest BCUT2D eigenvalue weighted by molar-refractivity contribution is 0.0926. The van der Waals surface area contributed by atoms with Gasteiger partial charge in [-0.05, 0) is 50.6 Å². The Labute approximate surface area is 153 Å². The van der Waals surface area contributed by atoms with Crippen LogP contribution in [0.3, 0.4) is 0 Å². The van der Waals surface area contributed by atoms with E-state index in [1.807, 2.05) is 0 Å². The molecule has 1 aliphatic heterocycles. The van der Waals surface area contributed by atoms with Gasteiger partial charge in [-0.15, -0.1) is 0 Å². The second-order valence-corrected chi connectivity index (χ2v) is 6.93. The Balaban J connectivity index is 1.77. The predicted molar refractivity (Wildman–Crippen MR) is 98.9 cm³/mol. The van der Waals surface area contributed by atoms with Gasteiger partial charge in [0.15, 0.2) is 5.78 Å². The Morgan fingerprint density at radius 1 is 1.08 bits per heavy atom. The fourth-order valence-corrected chi connectivity index (χ4v) is 3.27. The summed E-state index contributed by atoms with van der Waals surface area (Å²) in [5.41, 5.74) is 1.04. The summed E-state index contributed by atoms with van der Waals surface area (Å²) in [4.78, 5) is 27.8. The first-order valence-corrected chi connectivity index (χ1v) is 8.90. The Morgan fingerprint density at radius 3 is 2.35 bits per heavy atom. The summed E-state index contributed by atoms with van der Waals surface area (Å²) in [5, 5.41) is 3.04. The summed E-state index contributed by atoms with van der Waals surface area (Å²) in [7, 11) is 0. The molecule has 5 heteroatoms. The topological polar surface area (TPSA) is 49.4 Å². The Hall–Kier alpha value is -2.53. The molecule has 136 valence electrons. The summed E-state index contributed by atoms with van der Waals surface area (Å²) in [6.07, 6.45) is 0.901. The van der Waals surface area contributed by atoms with E-state index in [1.54, 1.807) is 24.3 Å². The number of hydrogen-bond acceptors (Lipinski definition) is 3. The molecule has 0 radical (unpaired) electrons. The largest absolute Gasteiger partial charge is 0.348 e. The van der Waals surface area contributed by atoms with Crippen molar-refractivity contribution in [1.29, 1.82) is 0 Å². The highest BCUT2D eigenvalue weighted by molar-refractivity contribution is 6.15. The SMILES string of the molecule is CC(C)N1CC[C@@H](NC(=O)c2ccccc2C(=O)c2ccc(F)cc2)C1. The number of hydrogen-bond donors (Lipinski definition) is 1. The number of nitrogens with one attached hydrogen (secondary N) is 1. The zero-order chi connectivity index (χ0) is 18.7. The highest BCUT2D eigenvalue weighted by Gasteiger charge is 2.27. The first kappa shape index (κ1) is 18.3. The second-order valence-electron chi connectivity index (χ2n) is 6.93. The van der Waals surface area contributed by atoms with Crippen LogP contribution in [0.1, 0.15) is 46.5 Å². The molecule has 2 aromatic rings. The smallest absolute Gasteiger partial charge is 0.252 e. The molecular weight excluding hydrogens is 331 g/mol. The summed E-state index contributed by atoms with van der Waals surface area (Å²) >= 11 is 0. The molecule has 1 fully saturated rings. The van der Waals surface area contributed by atoms with Crippen molar-refractivity contribution in [2.75, 3.05) is 13.1 Å². The first-order valence-electron chi connectivity index (χ1n) is 8.90. The van der Waals surface area contributed by atoms with Crippen molar-refractivity contribution in [3.05, 3.63) is 71.0 Å². The lowest BCUT2D eigenvalue weighted by Crippen LogP contribution is -2.39. The lowest BCUT2D eigenvalue weighted by Gasteiger charge is -2.20. The molecular formula is C21H23FN2O2. The van der Waals surface area contributed by atoms with Crippen LogP contribution in [0, 0.1) is 5.82 Å². The van der Waals surface area contributed by atoms with Gasteiger partial charge in [0.2, 0.25) is 0 Å². The Bertz CT molecular complexity index is 802. The van der Waals surface area contributed by atoms with Crippen molar-refractivity contribution >= 4 is 11.7 Å². The second kappa shape index (κ2) is 7.79. The van der Waals surface area contributed by atoms with Gasteiger partial charge in [-0.25, -0.2) is 4.39 Å². The van der Waals surface area contributed by atoms with Crippen LogP contribution in [-0.2, 0) is 0 Å². The third kappa shape index (κ3) is 3.99. The number of likely N-dealkylation sites (tertiary alicyclic amines) is 1. The summed E-state index contributed by atoms with van der Waals surface area (Å²) in [6, 6.07) is 12.6. The standard InChI is InChI=1S/C21H23FN2O2/c1-14(2)24-12-11-17(13-24)23-21(26)19-6-4-3-5-18(19)20(25)15-7-9-16(22)10-8-15/h3-10,14,17H,11-13H2,1-2H3,(H,23,26)/t17-/m1/s1. The van der Waals surface area contributed by atoms with E-state index in [4.69, 9.17) is 0 Å². The molecule has 0 aromatic heterocycles. The van der Waals surface area contributed by atoms with Crippen LogP contribution in [0.25, 0.3) is 0 Å². The minimum absolute atomic E-state index is 0.0823. The molecule has 1 amide bonds. The van der Waals surface area contributed by atoms with E-state index in [9.17, 15) is 14.0 Å². The van der Waals surface area contributed by atoms with E-state index in [-0.39, 0.29) is 17.7 Å². The third-order valence-electron chi connectivity index (χ3n) is 4.81. The van der Waals surface area contributed by atoms with Crippen LogP contribution < -0.4 is 5.32 Å². The lowest BCUT2D eigenvalue weighted by atomic mass is 9.97. The molecule has 0 saturated carbocycles. The molecule has 1 aliphatic rings.